The van der Waals surface area contributed by atoms with Crippen molar-refractivity contribution in [3.05, 3.63) is 125 Å². The number of nitrogens with zero attached hydrogens (tertiary/aromatic N) is 1. The predicted octanol–water partition coefficient (Wildman–Crippen LogP) is 6.04. The van der Waals surface area contributed by atoms with Gasteiger partial charge in [0.15, 0.2) is 0 Å². The fraction of sp³-hybridized carbons (Fsp3) is 0.152. The number of carbonyl (C=O) groups is 3. The number of pyridine rings is 1. The zero-order valence-corrected chi connectivity index (χ0v) is 23.3. The lowest BCUT2D eigenvalue weighted by Gasteiger charge is -2.19. The molecule has 40 heavy (non-hydrogen) atoms. The van der Waals surface area contributed by atoms with E-state index in [1.54, 1.807) is 60.6 Å². The maximum absolute atomic E-state index is 13.7. The molecular weight excluding hydrogens is 518 g/mol. The minimum absolute atomic E-state index is 0.377. The van der Waals surface area contributed by atoms with Crippen molar-refractivity contribution in [3.63, 3.8) is 0 Å². The van der Waals surface area contributed by atoms with Gasteiger partial charge >= 0.3 is 0 Å². The fourth-order valence-electron chi connectivity index (χ4n) is 4.23. The van der Waals surface area contributed by atoms with Crippen molar-refractivity contribution in [3.8, 4) is 11.1 Å². The highest BCUT2D eigenvalue weighted by Crippen LogP contribution is 2.29. The number of aryl methyl sites for hydroxylation is 1. The number of benzene rings is 3. The van der Waals surface area contributed by atoms with Gasteiger partial charge < -0.3 is 5.32 Å². The first-order valence-corrected chi connectivity index (χ1v) is 14.3. The molecule has 3 amide bonds. The van der Waals surface area contributed by atoms with Gasteiger partial charge in [-0.05, 0) is 83.5 Å². The summed E-state index contributed by atoms with van der Waals surface area (Å²) < 4.78 is 0. The first-order valence-electron chi connectivity index (χ1n) is 12.9. The van der Waals surface area contributed by atoms with Gasteiger partial charge in [-0.25, -0.2) is 0 Å². The molecule has 0 fully saturated rings. The molecule has 1 atom stereocenters. The van der Waals surface area contributed by atoms with Crippen molar-refractivity contribution in [2.45, 2.75) is 19.4 Å². The quantitative estimate of drug-likeness (QED) is 0.252. The van der Waals surface area contributed by atoms with Gasteiger partial charge in [0.25, 0.3) is 11.8 Å². The van der Waals surface area contributed by atoms with Gasteiger partial charge in [0.1, 0.15) is 6.04 Å². The van der Waals surface area contributed by atoms with Crippen LogP contribution in [0, 0.1) is 6.92 Å². The van der Waals surface area contributed by atoms with Gasteiger partial charge in [0.2, 0.25) is 5.91 Å². The highest BCUT2D eigenvalue weighted by Gasteiger charge is 2.25. The van der Waals surface area contributed by atoms with Crippen LogP contribution in [-0.2, 0) is 4.79 Å². The van der Waals surface area contributed by atoms with Crippen LogP contribution in [-0.4, -0.2) is 40.8 Å². The van der Waals surface area contributed by atoms with Crippen LogP contribution in [0.2, 0.25) is 0 Å². The molecule has 0 saturated heterocycles. The third kappa shape index (κ3) is 7.55. The van der Waals surface area contributed by atoms with E-state index in [1.807, 2.05) is 73.9 Å². The summed E-state index contributed by atoms with van der Waals surface area (Å²) in [5.41, 5.74) is 5.42. The Morgan fingerprint density at radius 3 is 2.33 bits per heavy atom. The molecule has 4 aromatic rings. The SMILES string of the molecule is CSCC[C@H](NC(=O)c1ccc(C=Cc2cccnc2)cc1-c1ccccc1C)C(=O)NC(=O)c1ccccc1. The molecule has 0 bridgehead atoms. The lowest BCUT2D eigenvalue weighted by molar-refractivity contribution is -0.122. The highest BCUT2D eigenvalue weighted by molar-refractivity contribution is 7.98. The first-order chi connectivity index (χ1) is 19.5. The standard InChI is InChI=1S/C33H31N3O3S/c1-23-9-6-7-13-27(23)29-21-24(14-15-25-10-8-19-34-22-25)16-17-28(29)32(38)35-30(18-20-40-2)33(39)36-31(37)26-11-4-3-5-12-26/h3-17,19,21-22,30H,18,20H2,1-2H3,(H,35,38)(H,36,37,39)/t30-/m0/s1. The lowest BCUT2D eigenvalue weighted by Crippen LogP contribution is -2.48. The Hall–Kier alpha value is -4.49. The summed E-state index contributed by atoms with van der Waals surface area (Å²) >= 11 is 1.56. The van der Waals surface area contributed by atoms with Gasteiger partial charge in [0.05, 0.1) is 0 Å². The molecule has 3 aromatic carbocycles. The van der Waals surface area contributed by atoms with E-state index in [1.165, 1.54) is 0 Å². The molecule has 1 heterocycles. The van der Waals surface area contributed by atoms with Crippen LogP contribution in [0.25, 0.3) is 23.3 Å². The number of nitrogens with one attached hydrogen (secondary N) is 2. The summed E-state index contributed by atoms with van der Waals surface area (Å²) in [6.45, 7) is 2.00. The fourth-order valence-corrected chi connectivity index (χ4v) is 4.70. The van der Waals surface area contributed by atoms with E-state index in [0.29, 0.717) is 23.3 Å². The zero-order chi connectivity index (χ0) is 28.3. The summed E-state index contributed by atoms with van der Waals surface area (Å²) in [6.07, 6.45) is 9.77. The van der Waals surface area contributed by atoms with Crippen molar-refractivity contribution < 1.29 is 14.4 Å². The van der Waals surface area contributed by atoms with E-state index in [9.17, 15) is 14.4 Å². The van der Waals surface area contributed by atoms with Crippen LogP contribution in [0.3, 0.4) is 0 Å². The first kappa shape index (κ1) is 28.5. The third-order valence-corrected chi connectivity index (χ3v) is 7.03. The second kappa shape index (κ2) is 14.1. The maximum atomic E-state index is 13.7. The molecule has 7 heteroatoms. The molecule has 0 radical (unpaired) electrons. The molecule has 0 spiro atoms. The normalized spacial score (nSPS) is 11.7. The number of carbonyl (C=O) groups excluding carboxylic acids is 3. The van der Waals surface area contributed by atoms with Crippen molar-refractivity contribution in [1.82, 2.24) is 15.6 Å². The van der Waals surface area contributed by atoms with Crippen LogP contribution >= 0.6 is 11.8 Å². The Balaban J connectivity index is 1.62. The minimum Gasteiger partial charge on any atom is -0.340 e. The number of rotatable bonds is 10. The Morgan fingerprint density at radius 2 is 1.60 bits per heavy atom. The molecule has 202 valence electrons. The van der Waals surface area contributed by atoms with Crippen molar-refractivity contribution in [1.29, 1.82) is 0 Å². The predicted molar refractivity (Wildman–Crippen MR) is 163 cm³/mol. The van der Waals surface area contributed by atoms with Gasteiger partial charge in [-0.3, -0.25) is 24.7 Å². The Morgan fingerprint density at radius 1 is 0.850 bits per heavy atom. The van der Waals surface area contributed by atoms with Gasteiger partial charge in [0, 0.05) is 23.5 Å². The highest BCUT2D eigenvalue weighted by atomic mass is 32.2. The largest absolute Gasteiger partial charge is 0.340 e. The van der Waals surface area contributed by atoms with Gasteiger partial charge in [-0.2, -0.15) is 11.8 Å². The number of hydrogen-bond acceptors (Lipinski definition) is 5. The maximum Gasteiger partial charge on any atom is 0.257 e. The van der Waals surface area contributed by atoms with E-state index >= 15 is 0 Å². The molecule has 2 N–H and O–H groups in total. The zero-order valence-electron chi connectivity index (χ0n) is 22.5. The summed E-state index contributed by atoms with van der Waals surface area (Å²) in [5, 5.41) is 5.33. The molecule has 0 unspecified atom stereocenters. The average molecular weight is 550 g/mol. The number of imide groups is 1. The van der Waals surface area contributed by atoms with Gasteiger partial charge in [-0.1, -0.05) is 66.7 Å². The molecule has 0 aliphatic carbocycles. The molecule has 4 rings (SSSR count). The summed E-state index contributed by atoms with van der Waals surface area (Å²) in [6, 6.07) is 25.0. The number of amides is 3. The minimum atomic E-state index is -0.873. The van der Waals surface area contributed by atoms with E-state index in [-0.39, 0.29) is 5.91 Å². The van der Waals surface area contributed by atoms with E-state index in [4.69, 9.17) is 0 Å². The van der Waals surface area contributed by atoms with E-state index in [2.05, 4.69) is 15.6 Å². The molecular formula is C33H31N3O3S. The number of hydrogen-bond donors (Lipinski definition) is 2. The second-order valence-electron chi connectivity index (χ2n) is 9.23. The van der Waals surface area contributed by atoms with E-state index in [0.717, 1.165) is 27.8 Å². The van der Waals surface area contributed by atoms with Crippen LogP contribution in [0.4, 0.5) is 0 Å². The molecule has 0 aliphatic heterocycles. The van der Waals surface area contributed by atoms with Crippen LogP contribution < -0.4 is 10.6 Å². The van der Waals surface area contributed by atoms with Gasteiger partial charge in [-0.15, -0.1) is 0 Å². The molecule has 0 aliphatic rings. The van der Waals surface area contributed by atoms with Crippen molar-refractivity contribution in [2.24, 2.45) is 0 Å². The van der Waals surface area contributed by atoms with E-state index < -0.39 is 17.9 Å². The Labute approximate surface area is 238 Å². The lowest BCUT2D eigenvalue weighted by atomic mass is 9.93. The average Bonchev–Trinajstić information content (AvgIpc) is 2.99. The summed E-state index contributed by atoms with van der Waals surface area (Å²) in [4.78, 5) is 43.5. The smallest absolute Gasteiger partial charge is 0.257 e. The molecule has 0 saturated carbocycles. The van der Waals surface area contributed by atoms with Crippen LogP contribution in [0.1, 0.15) is 43.8 Å². The van der Waals surface area contributed by atoms with Crippen LogP contribution in [0.5, 0.6) is 0 Å². The Bertz CT molecular complexity index is 1500. The molecule has 1 aromatic heterocycles. The Kier molecular flexibility index (Phi) is 10.0. The summed E-state index contributed by atoms with van der Waals surface area (Å²) in [5.74, 6) is -0.779. The molecule has 6 nitrogen and oxygen atoms in total. The number of aromatic nitrogens is 1. The topological polar surface area (TPSA) is 88.2 Å². The van der Waals surface area contributed by atoms with Crippen molar-refractivity contribution in [2.75, 3.05) is 12.0 Å². The second-order valence-corrected chi connectivity index (χ2v) is 10.2. The van der Waals surface area contributed by atoms with Crippen LogP contribution in [0.15, 0.2) is 97.3 Å². The monoisotopic (exact) mass is 549 g/mol. The summed E-state index contributed by atoms with van der Waals surface area (Å²) in [7, 11) is 0. The third-order valence-electron chi connectivity index (χ3n) is 6.38. The number of thioether (sulfide) groups is 1. The van der Waals surface area contributed by atoms with Crippen molar-refractivity contribution >= 4 is 41.6 Å².